The topological polar surface area (TPSA) is 107 Å². The first-order chi connectivity index (χ1) is 10.0. The van der Waals surface area contributed by atoms with Crippen LogP contribution in [0.5, 0.6) is 0 Å². The number of hydrogen-bond acceptors (Lipinski definition) is 4. The highest BCUT2D eigenvalue weighted by atomic mass is 32.1. The molecule has 2 aromatic rings. The number of aromatic amines is 1. The van der Waals surface area contributed by atoms with Gasteiger partial charge in [-0.1, -0.05) is 0 Å². The van der Waals surface area contributed by atoms with Crippen molar-refractivity contribution in [3.63, 3.8) is 0 Å². The molecular weight excluding hydrogens is 292 g/mol. The normalized spacial score (nSPS) is 14.0. The molecule has 2 aromatic heterocycles. The van der Waals surface area contributed by atoms with E-state index < -0.39 is 12.0 Å². The summed E-state index contributed by atoms with van der Waals surface area (Å²) in [4.78, 5) is 30.0. The molecule has 1 aliphatic carbocycles. The molecule has 8 heteroatoms. The van der Waals surface area contributed by atoms with Crippen molar-refractivity contribution in [2.75, 3.05) is 10.6 Å². The summed E-state index contributed by atoms with van der Waals surface area (Å²) in [6, 6.07) is 1.06. The van der Waals surface area contributed by atoms with Gasteiger partial charge in [0.15, 0.2) is 5.13 Å². The van der Waals surface area contributed by atoms with Crippen LogP contribution in [-0.2, 0) is 0 Å². The molecule has 0 radical (unpaired) electrons. The van der Waals surface area contributed by atoms with E-state index in [9.17, 15) is 9.59 Å². The maximum Gasteiger partial charge on any atom is 0.354 e. The predicted octanol–water partition coefficient (Wildman–Crippen LogP) is 3.00. The zero-order chi connectivity index (χ0) is 15.0. The van der Waals surface area contributed by atoms with Crippen LogP contribution in [0.25, 0.3) is 0 Å². The molecule has 0 saturated heterocycles. The van der Waals surface area contributed by atoms with Crippen LogP contribution in [0.3, 0.4) is 0 Å². The maximum absolute atomic E-state index is 11.9. The van der Waals surface area contributed by atoms with Crippen molar-refractivity contribution in [2.24, 2.45) is 0 Å². The van der Waals surface area contributed by atoms with Crippen molar-refractivity contribution < 1.29 is 14.7 Å². The summed E-state index contributed by atoms with van der Waals surface area (Å²) in [6.45, 7) is 1.72. The van der Waals surface area contributed by atoms with E-state index in [0.717, 1.165) is 18.5 Å². The molecule has 0 aromatic carbocycles. The highest BCUT2D eigenvalue weighted by Gasteiger charge is 2.26. The Morgan fingerprint density at radius 3 is 2.86 bits per heavy atom. The third-order valence-electron chi connectivity index (χ3n) is 3.15. The quantitative estimate of drug-likeness (QED) is 0.696. The van der Waals surface area contributed by atoms with E-state index in [2.05, 4.69) is 20.6 Å². The molecule has 0 aliphatic heterocycles. The van der Waals surface area contributed by atoms with Crippen molar-refractivity contribution in [2.45, 2.75) is 25.7 Å². The third kappa shape index (κ3) is 3.05. The number of nitrogens with one attached hydrogen (secondary N) is 3. The number of carboxylic acid groups (broad SMARTS) is 1. The van der Waals surface area contributed by atoms with Crippen LogP contribution in [0.15, 0.2) is 11.4 Å². The molecule has 0 unspecified atom stereocenters. The van der Waals surface area contributed by atoms with Gasteiger partial charge in [-0.3, -0.25) is 5.32 Å². The Balaban J connectivity index is 1.66. The zero-order valence-corrected chi connectivity index (χ0v) is 12.1. The van der Waals surface area contributed by atoms with E-state index in [-0.39, 0.29) is 11.4 Å². The molecule has 3 rings (SSSR count). The lowest BCUT2D eigenvalue weighted by Gasteiger charge is -2.04. The Morgan fingerprint density at radius 2 is 2.19 bits per heavy atom. The largest absolute Gasteiger partial charge is 0.477 e. The van der Waals surface area contributed by atoms with Gasteiger partial charge in [0.25, 0.3) is 0 Å². The number of nitrogens with zero attached hydrogens (tertiary/aromatic N) is 1. The lowest BCUT2D eigenvalue weighted by atomic mass is 10.3. The standard InChI is InChI=1S/C13H14N4O3S/c1-6-4-8(10(14-6)11(18)19)15-12(20)17-13-16-9(5-21-13)7-2-3-7/h4-5,7,14H,2-3H2,1H3,(H,18,19)(H2,15,16,17,20). The first-order valence-corrected chi connectivity index (χ1v) is 7.37. The number of carboxylic acids is 1. The van der Waals surface area contributed by atoms with Gasteiger partial charge in [-0.15, -0.1) is 11.3 Å². The highest BCUT2D eigenvalue weighted by molar-refractivity contribution is 7.14. The van der Waals surface area contributed by atoms with Crippen LogP contribution in [0.4, 0.5) is 15.6 Å². The first kappa shape index (κ1) is 13.6. The summed E-state index contributed by atoms with van der Waals surface area (Å²) in [7, 11) is 0. The van der Waals surface area contributed by atoms with Gasteiger partial charge in [-0.25, -0.2) is 14.6 Å². The second kappa shape index (κ2) is 5.21. The highest BCUT2D eigenvalue weighted by Crippen LogP contribution is 2.40. The molecule has 110 valence electrons. The Morgan fingerprint density at radius 1 is 1.43 bits per heavy atom. The minimum Gasteiger partial charge on any atom is -0.477 e. The summed E-state index contributed by atoms with van der Waals surface area (Å²) >= 11 is 1.37. The fourth-order valence-electron chi connectivity index (χ4n) is 2.02. The Labute approximate surface area is 124 Å². The lowest BCUT2D eigenvalue weighted by molar-refractivity contribution is 0.0692. The summed E-state index contributed by atoms with van der Waals surface area (Å²) in [5.74, 6) is -0.588. The van der Waals surface area contributed by atoms with E-state index >= 15 is 0 Å². The smallest absolute Gasteiger partial charge is 0.354 e. The number of hydrogen-bond donors (Lipinski definition) is 4. The summed E-state index contributed by atoms with van der Waals surface area (Å²) in [6.07, 6.45) is 2.31. The molecule has 0 bridgehead atoms. The number of H-pyrrole nitrogens is 1. The number of urea groups is 1. The molecule has 1 fully saturated rings. The van der Waals surface area contributed by atoms with Gasteiger partial charge in [0.1, 0.15) is 5.69 Å². The van der Waals surface area contributed by atoms with Gasteiger partial charge in [-0.2, -0.15) is 0 Å². The van der Waals surface area contributed by atoms with E-state index in [1.807, 2.05) is 5.38 Å². The van der Waals surface area contributed by atoms with Crippen LogP contribution in [0, 0.1) is 6.92 Å². The van der Waals surface area contributed by atoms with Crippen LogP contribution in [0.1, 0.15) is 40.6 Å². The first-order valence-electron chi connectivity index (χ1n) is 6.49. The van der Waals surface area contributed by atoms with Crippen molar-refractivity contribution >= 4 is 34.2 Å². The lowest BCUT2D eigenvalue weighted by Crippen LogP contribution is -2.20. The van der Waals surface area contributed by atoms with E-state index in [1.165, 1.54) is 11.3 Å². The predicted molar refractivity (Wildman–Crippen MR) is 79.2 cm³/mol. The van der Waals surface area contributed by atoms with E-state index in [1.54, 1.807) is 13.0 Å². The number of aromatic carboxylic acids is 1. The fourth-order valence-corrected chi connectivity index (χ4v) is 2.80. The van der Waals surface area contributed by atoms with Gasteiger partial charge in [0, 0.05) is 17.0 Å². The molecule has 4 N–H and O–H groups in total. The van der Waals surface area contributed by atoms with Gasteiger partial charge in [-0.05, 0) is 25.8 Å². The van der Waals surface area contributed by atoms with Crippen molar-refractivity contribution in [3.05, 3.63) is 28.5 Å². The zero-order valence-electron chi connectivity index (χ0n) is 11.3. The molecule has 0 spiro atoms. The van der Waals surface area contributed by atoms with Gasteiger partial charge < -0.3 is 15.4 Å². The molecule has 21 heavy (non-hydrogen) atoms. The monoisotopic (exact) mass is 306 g/mol. The number of aryl methyl sites for hydroxylation is 1. The van der Waals surface area contributed by atoms with E-state index in [0.29, 0.717) is 16.7 Å². The number of amides is 2. The Bertz CT molecular complexity index is 702. The van der Waals surface area contributed by atoms with Crippen LogP contribution >= 0.6 is 11.3 Å². The molecule has 2 heterocycles. The SMILES string of the molecule is Cc1cc(NC(=O)Nc2nc(C3CC3)cs2)c(C(=O)O)[nH]1. The molecular formula is C13H14N4O3S. The van der Waals surface area contributed by atoms with Crippen molar-refractivity contribution in [1.29, 1.82) is 0 Å². The Hall–Kier alpha value is -2.35. The Kier molecular flexibility index (Phi) is 3.38. The number of anilines is 2. The van der Waals surface area contributed by atoms with E-state index in [4.69, 9.17) is 5.11 Å². The number of rotatable bonds is 4. The van der Waals surface area contributed by atoms with Crippen molar-refractivity contribution in [3.8, 4) is 0 Å². The second-order valence-corrected chi connectivity index (χ2v) is 5.84. The second-order valence-electron chi connectivity index (χ2n) is 4.98. The van der Waals surface area contributed by atoms with Gasteiger partial charge in [0.2, 0.25) is 0 Å². The van der Waals surface area contributed by atoms with Crippen LogP contribution in [0.2, 0.25) is 0 Å². The van der Waals surface area contributed by atoms with Crippen LogP contribution in [-0.4, -0.2) is 27.1 Å². The number of thiazole rings is 1. The van der Waals surface area contributed by atoms with Gasteiger partial charge >= 0.3 is 12.0 Å². The van der Waals surface area contributed by atoms with Gasteiger partial charge in [0.05, 0.1) is 11.4 Å². The number of aromatic nitrogens is 2. The summed E-state index contributed by atoms with van der Waals surface area (Å²) in [5, 5.41) is 16.6. The molecule has 1 saturated carbocycles. The van der Waals surface area contributed by atoms with Crippen LogP contribution < -0.4 is 10.6 Å². The number of carbonyl (C=O) groups is 2. The number of carbonyl (C=O) groups excluding carboxylic acids is 1. The minimum absolute atomic E-state index is 0.0412. The molecule has 0 atom stereocenters. The average molecular weight is 306 g/mol. The van der Waals surface area contributed by atoms with Crippen molar-refractivity contribution in [1.82, 2.24) is 9.97 Å². The average Bonchev–Trinajstić information content (AvgIpc) is 3.05. The maximum atomic E-state index is 11.9. The summed E-state index contributed by atoms with van der Waals surface area (Å²) < 4.78 is 0. The molecule has 7 nitrogen and oxygen atoms in total. The molecule has 1 aliphatic rings. The summed E-state index contributed by atoms with van der Waals surface area (Å²) in [5.41, 5.74) is 1.86. The fraction of sp³-hybridized carbons (Fsp3) is 0.308. The molecule has 2 amide bonds. The minimum atomic E-state index is -1.12. The third-order valence-corrected chi connectivity index (χ3v) is 3.93.